The number of nitrogens with zero attached hydrogens (tertiary/aromatic N) is 2. The second-order valence-electron chi connectivity index (χ2n) is 6.76. The Balaban J connectivity index is 1.64. The maximum absolute atomic E-state index is 12.3. The van der Waals surface area contributed by atoms with Gasteiger partial charge in [0.1, 0.15) is 0 Å². The van der Waals surface area contributed by atoms with Gasteiger partial charge in [0, 0.05) is 13.1 Å². The van der Waals surface area contributed by atoms with Crippen LogP contribution in [-0.4, -0.2) is 35.1 Å². The van der Waals surface area contributed by atoms with Gasteiger partial charge in [-0.05, 0) is 42.2 Å². The first-order valence-corrected chi connectivity index (χ1v) is 8.86. The molecule has 6 nitrogen and oxygen atoms in total. The number of urea groups is 1. The number of benzene rings is 2. The average molecular weight is 363 g/mol. The van der Waals surface area contributed by atoms with Gasteiger partial charge in [-0.3, -0.25) is 4.79 Å². The van der Waals surface area contributed by atoms with Gasteiger partial charge in [-0.15, -0.1) is 0 Å². The Bertz CT molecular complexity index is 886. The summed E-state index contributed by atoms with van der Waals surface area (Å²) < 4.78 is 0. The van der Waals surface area contributed by atoms with Crippen LogP contribution >= 0.6 is 0 Å². The van der Waals surface area contributed by atoms with Crippen molar-refractivity contribution in [2.45, 2.75) is 19.4 Å². The molecular formula is C21H21N3O3. The molecule has 0 bridgehead atoms. The SMILES string of the molecule is CC(NC(=O)N1CCC(C(=O)O)C1)c1ccc(-c2cccc(C#N)c2)cc1. The number of nitriles is 1. The van der Waals surface area contributed by atoms with E-state index < -0.39 is 11.9 Å². The summed E-state index contributed by atoms with van der Waals surface area (Å²) in [6, 6.07) is 16.9. The highest BCUT2D eigenvalue weighted by Gasteiger charge is 2.31. The van der Waals surface area contributed by atoms with E-state index in [1.807, 2.05) is 49.4 Å². The van der Waals surface area contributed by atoms with Crippen LogP contribution in [0.15, 0.2) is 48.5 Å². The van der Waals surface area contributed by atoms with Crippen LogP contribution < -0.4 is 5.32 Å². The molecule has 1 fully saturated rings. The minimum Gasteiger partial charge on any atom is -0.481 e. The third kappa shape index (κ3) is 4.26. The Morgan fingerprint density at radius 1 is 1.22 bits per heavy atom. The van der Waals surface area contributed by atoms with Gasteiger partial charge in [-0.2, -0.15) is 5.26 Å². The van der Waals surface area contributed by atoms with E-state index in [0.29, 0.717) is 18.5 Å². The number of aliphatic carboxylic acids is 1. The first kappa shape index (κ1) is 18.5. The van der Waals surface area contributed by atoms with Crippen LogP contribution in [0.5, 0.6) is 0 Å². The average Bonchev–Trinajstić information content (AvgIpc) is 3.19. The quantitative estimate of drug-likeness (QED) is 0.870. The van der Waals surface area contributed by atoms with Gasteiger partial charge in [0.15, 0.2) is 0 Å². The van der Waals surface area contributed by atoms with E-state index in [-0.39, 0.29) is 18.6 Å². The molecule has 2 unspecified atom stereocenters. The fourth-order valence-electron chi connectivity index (χ4n) is 3.24. The zero-order valence-electron chi connectivity index (χ0n) is 15.1. The lowest BCUT2D eigenvalue weighted by Gasteiger charge is -2.21. The standard InChI is InChI=1S/C21H21N3O3/c1-14(23-21(27)24-10-9-19(13-24)20(25)26)16-5-7-17(8-6-16)18-4-2-3-15(11-18)12-22/h2-8,11,14,19H,9-10,13H2,1H3,(H,23,27)(H,25,26). The molecule has 2 aromatic carbocycles. The van der Waals surface area contributed by atoms with Crippen LogP contribution in [0.3, 0.4) is 0 Å². The maximum atomic E-state index is 12.3. The summed E-state index contributed by atoms with van der Waals surface area (Å²) >= 11 is 0. The van der Waals surface area contributed by atoms with Crippen molar-refractivity contribution in [3.8, 4) is 17.2 Å². The summed E-state index contributed by atoms with van der Waals surface area (Å²) in [6.07, 6.45) is 0.494. The van der Waals surface area contributed by atoms with Gasteiger partial charge in [-0.1, -0.05) is 36.4 Å². The Labute approximate surface area is 158 Å². The predicted octanol–water partition coefficient (Wildman–Crippen LogP) is 3.40. The number of amides is 2. The number of likely N-dealkylation sites (tertiary alicyclic amines) is 1. The van der Waals surface area contributed by atoms with E-state index in [1.54, 1.807) is 11.0 Å². The number of carbonyl (C=O) groups is 2. The zero-order chi connectivity index (χ0) is 19.4. The first-order valence-electron chi connectivity index (χ1n) is 8.86. The van der Waals surface area contributed by atoms with Crippen molar-refractivity contribution in [3.05, 3.63) is 59.7 Å². The number of hydrogen-bond acceptors (Lipinski definition) is 3. The van der Waals surface area contributed by atoms with Crippen molar-refractivity contribution in [2.24, 2.45) is 5.92 Å². The molecule has 2 amide bonds. The van der Waals surface area contributed by atoms with E-state index in [0.717, 1.165) is 16.7 Å². The molecule has 0 saturated carbocycles. The zero-order valence-corrected chi connectivity index (χ0v) is 15.1. The number of carboxylic acids is 1. The van der Waals surface area contributed by atoms with Crippen LogP contribution in [0.25, 0.3) is 11.1 Å². The Morgan fingerprint density at radius 3 is 2.59 bits per heavy atom. The van der Waals surface area contributed by atoms with Crippen molar-refractivity contribution in [1.82, 2.24) is 10.2 Å². The van der Waals surface area contributed by atoms with Crippen LogP contribution in [0.1, 0.15) is 30.5 Å². The van der Waals surface area contributed by atoms with E-state index in [4.69, 9.17) is 10.4 Å². The summed E-state index contributed by atoms with van der Waals surface area (Å²) in [5.74, 6) is -1.33. The molecule has 0 radical (unpaired) electrons. The van der Waals surface area contributed by atoms with Crippen LogP contribution in [-0.2, 0) is 4.79 Å². The molecule has 0 spiro atoms. The topological polar surface area (TPSA) is 93.4 Å². The number of carboxylic acid groups (broad SMARTS) is 1. The molecule has 1 aliphatic heterocycles. The molecule has 6 heteroatoms. The van der Waals surface area contributed by atoms with Gasteiger partial charge in [-0.25, -0.2) is 4.79 Å². The Morgan fingerprint density at radius 2 is 1.96 bits per heavy atom. The number of hydrogen-bond donors (Lipinski definition) is 2. The van der Waals surface area contributed by atoms with Crippen molar-refractivity contribution < 1.29 is 14.7 Å². The van der Waals surface area contributed by atoms with Crippen molar-refractivity contribution in [2.75, 3.05) is 13.1 Å². The lowest BCUT2D eigenvalue weighted by atomic mass is 10.00. The molecule has 1 heterocycles. The Hall–Kier alpha value is -3.33. The smallest absolute Gasteiger partial charge is 0.317 e. The highest BCUT2D eigenvalue weighted by molar-refractivity contribution is 5.77. The number of rotatable bonds is 4. The van der Waals surface area contributed by atoms with Crippen LogP contribution in [0.2, 0.25) is 0 Å². The second kappa shape index (κ2) is 7.92. The first-order chi connectivity index (χ1) is 13.0. The largest absolute Gasteiger partial charge is 0.481 e. The van der Waals surface area contributed by atoms with E-state index in [2.05, 4.69) is 11.4 Å². The van der Waals surface area contributed by atoms with Gasteiger partial charge >= 0.3 is 12.0 Å². The molecule has 2 aromatic rings. The molecule has 1 aliphatic rings. The van der Waals surface area contributed by atoms with Gasteiger partial charge in [0.25, 0.3) is 0 Å². The predicted molar refractivity (Wildman–Crippen MR) is 101 cm³/mol. The van der Waals surface area contributed by atoms with E-state index in [1.165, 1.54) is 0 Å². The number of carbonyl (C=O) groups excluding carboxylic acids is 1. The maximum Gasteiger partial charge on any atom is 0.317 e. The van der Waals surface area contributed by atoms with E-state index in [9.17, 15) is 9.59 Å². The summed E-state index contributed by atoms with van der Waals surface area (Å²) in [7, 11) is 0. The molecule has 0 aliphatic carbocycles. The molecule has 1 saturated heterocycles. The monoisotopic (exact) mass is 363 g/mol. The lowest BCUT2D eigenvalue weighted by molar-refractivity contribution is -0.141. The lowest BCUT2D eigenvalue weighted by Crippen LogP contribution is -2.40. The molecular weight excluding hydrogens is 342 g/mol. The third-order valence-electron chi connectivity index (χ3n) is 4.90. The summed E-state index contributed by atoms with van der Waals surface area (Å²) in [6.45, 7) is 2.61. The molecule has 27 heavy (non-hydrogen) atoms. The highest BCUT2D eigenvalue weighted by Crippen LogP contribution is 2.23. The second-order valence-corrected chi connectivity index (χ2v) is 6.76. The van der Waals surface area contributed by atoms with Crippen LogP contribution in [0.4, 0.5) is 4.79 Å². The van der Waals surface area contributed by atoms with Crippen LogP contribution in [0, 0.1) is 17.2 Å². The van der Waals surface area contributed by atoms with Crippen molar-refractivity contribution in [1.29, 1.82) is 5.26 Å². The number of nitrogens with one attached hydrogen (secondary N) is 1. The van der Waals surface area contributed by atoms with Gasteiger partial charge < -0.3 is 15.3 Å². The van der Waals surface area contributed by atoms with Gasteiger partial charge in [0.2, 0.25) is 0 Å². The fraction of sp³-hybridized carbons (Fsp3) is 0.286. The normalized spacial score (nSPS) is 17.2. The molecule has 138 valence electrons. The molecule has 2 atom stereocenters. The minimum absolute atomic E-state index is 0.194. The minimum atomic E-state index is -0.852. The van der Waals surface area contributed by atoms with Crippen molar-refractivity contribution >= 4 is 12.0 Å². The summed E-state index contributed by atoms with van der Waals surface area (Å²) in [4.78, 5) is 24.9. The Kier molecular flexibility index (Phi) is 5.41. The summed E-state index contributed by atoms with van der Waals surface area (Å²) in [5, 5.41) is 21.0. The summed E-state index contributed by atoms with van der Waals surface area (Å²) in [5.41, 5.74) is 3.53. The van der Waals surface area contributed by atoms with E-state index >= 15 is 0 Å². The molecule has 0 aromatic heterocycles. The van der Waals surface area contributed by atoms with Crippen molar-refractivity contribution in [3.63, 3.8) is 0 Å². The third-order valence-corrected chi connectivity index (χ3v) is 4.90. The highest BCUT2D eigenvalue weighted by atomic mass is 16.4. The molecule has 3 rings (SSSR count). The molecule has 2 N–H and O–H groups in total. The fourth-order valence-corrected chi connectivity index (χ4v) is 3.24. The van der Waals surface area contributed by atoms with Gasteiger partial charge in [0.05, 0.1) is 23.6 Å².